The second-order valence-corrected chi connectivity index (χ2v) is 5.91. The van der Waals surface area contributed by atoms with Crippen LogP contribution in [0, 0.1) is 12.7 Å². The van der Waals surface area contributed by atoms with Gasteiger partial charge in [0.2, 0.25) is 5.91 Å². The predicted molar refractivity (Wildman–Crippen MR) is 87.2 cm³/mol. The highest BCUT2D eigenvalue weighted by Gasteiger charge is 2.32. The number of halogens is 5. The molecular formula is C16H13ClF4N4O2. The minimum atomic E-state index is -4.70. The molecule has 0 aliphatic rings. The second kappa shape index (κ2) is 7.87. The molecule has 0 bridgehead atoms. The fourth-order valence-corrected chi connectivity index (χ4v) is 2.36. The monoisotopic (exact) mass is 404 g/mol. The predicted octanol–water partition coefficient (Wildman–Crippen LogP) is 3.16. The van der Waals surface area contributed by atoms with Crippen LogP contribution in [0.1, 0.15) is 40.3 Å². The lowest BCUT2D eigenvalue weighted by Gasteiger charge is -2.15. The average molecular weight is 405 g/mol. The normalized spacial score (nSPS) is 12.4. The van der Waals surface area contributed by atoms with E-state index in [0.29, 0.717) is 12.1 Å². The first-order valence-corrected chi connectivity index (χ1v) is 7.85. The molecule has 0 radical (unpaired) electrons. The highest BCUT2D eigenvalue weighted by Crippen LogP contribution is 2.31. The number of alkyl halides is 3. The number of aromatic nitrogens is 2. The third-order valence-corrected chi connectivity index (χ3v) is 3.72. The largest absolute Gasteiger partial charge is 0.416 e. The smallest absolute Gasteiger partial charge is 0.273 e. The lowest BCUT2D eigenvalue weighted by atomic mass is 9.98. The molecule has 1 aromatic heterocycles. The van der Waals surface area contributed by atoms with Crippen LogP contribution < -0.4 is 10.9 Å². The Morgan fingerprint density at radius 2 is 1.81 bits per heavy atom. The van der Waals surface area contributed by atoms with Crippen LogP contribution in [0.5, 0.6) is 0 Å². The highest BCUT2D eigenvalue weighted by molar-refractivity contribution is 6.29. The number of hydrogen-bond donors (Lipinski definition) is 2. The summed E-state index contributed by atoms with van der Waals surface area (Å²) in [7, 11) is 0. The second-order valence-electron chi connectivity index (χ2n) is 5.52. The molecule has 0 saturated carbocycles. The van der Waals surface area contributed by atoms with Gasteiger partial charge in [0.25, 0.3) is 5.91 Å². The van der Waals surface area contributed by atoms with E-state index < -0.39 is 35.3 Å². The fraction of sp³-hybridized carbons (Fsp3) is 0.250. The molecule has 144 valence electrons. The lowest BCUT2D eigenvalue weighted by molar-refractivity contribution is -0.137. The first-order valence-electron chi connectivity index (χ1n) is 7.47. The van der Waals surface area contributed by atoms with E-state index in [2.05, 4.69) is 20.8 Å². The van der Waals surface area contributed by atoms with E-state index in [-0.39, 0.29) is 22.2 Å². The first-order chi connectivity index (χ1) is 12.5. The number of carbonyl (C=O) groups excluding carboxylic acids is 2. The molecule has 0 spiro atoms. The standard InChI is InChI=1S/C16H13ClF4N4O2/c1-7(10-4-3-9(5-11(10)18)16(19,20)21)14(26)24-25-15(27)12-6-13(17)23-8(2)22-12/h3-7H,1-2H3,(H,24,26)(H,25,27). The summed E-state index contributed by atoms with van der Waals surface area (Å²) in [5.41, 5.74) is 2.60. The summed E-state index contributed by atoms with van der Waals surface area (Å²) in [6, 6.07) is 3.03. The van der Waals surface area contributed by atoms with E-state index >= 15 is 0 Å². The zero-order valence-corrected chi connectivity index (χ0v) is 14.7. The van der Waals surface area contributed by atoms with Crippen molar-refractivity contribution >= 4 is 23.4 Å². The van der Waals surface area contributed by atoms with Gasteiger partial charge in [-0.2, -0.15) is 13.2 Å². The zero-order valence-electron chi connectivity index (χ0n) is 14.0. The molecule has 6 nitrogen and oxygen atoms in total. The van der Waals surface area contributed by atoms with Gasteiger partial charge in [-0.1, -0.05) is 17.7 Å². The summed E-state index contributed by atoms with van der Waals surface area (Å²) in [4.78, 5) is 31.6. The van der Waals surface area contributed by atoms with Gasteiger partial charge in [-0.3, -0.25) is 20.4 Å². The van der Waals surface area contributed by atoms with Gasteiger partial charge in [-0.25, -0.2) is 14.4 Å². The number of aryl methyl sites for hydroxylation is 1. The molecule has 1 aromatic carbocycles. The Bertz CT molecular complexity index is 869. The molecule has 2 rings (SSSR count). The minimum absolute atomic E-state index is 0.0270. The number of hydrazine groups is 1. The maximum Gasteiger partial charge on any atom is 0.416 e. The van der Waals surface area contributed by atoms with E-state index in [9.17, 15) is 27.2 Å². The Labute approximate surface area is 155 Å². The molecule has 1 atom stereocenters. The van der Waals surface area contributed by atoms with Crippen LogP contribution in [0.15, 0.2) is 24.3 Å². The quantitative estimate of drug-likeness (QED) is 0.467. The van der Waals surface area contributed by atoms with Crippen LogP contribution >= 0.6 is 11.6 Å². The van der Waals surface area contributed by atoms with Crippen LogP contribution in [0.4, 0.5) is 17.6 Å². The summed E-state index contributed by atoms with van der Waals surface area (Å²) >= 11 is 5.71. The Hall–Kier alpha value is -2.75. The van der Waals surface area contributed by atoms with Gasteiger partial charge in [-0.05, 0) is 26.0 Å². The molecule has 0 saturated heterocycles. The lowest BCUT2D eigenvalue weighted by Crippen LogP contribution is -2.44. The molecule has 11 heteroatoms. The molecular weight excluding hydrogens is 392 g/mol. The molecule has 27 heavy (non-hydrogen) atoms. The maximum atomic E-state index is 13.9. The summed E-state index contributed by atoms with van der Waals surface area (Å²) in [6.45, 7) is 2.79. The number of benzene rings is 1. The third kappa shape index (κ3) is 5.13. The minimum Gasteiger partial charge on any atom is -0.273 e. The van der Waals surface area contributed by atoms with E-state index in [1.165, 1.54) is 19.9 Å². The Kier molecular flexibility index (Phi) is 5.99. The molecule has 0 aliphatic carbocycles. The molecule has 0 aliphatic heterocycles. The highest BCUT2D eigenvalue weighted by atomic mass is 35.5. The molecule has 0 fully saturated rings. The number of nitrogens with zero attached hydrogens (tertiary/aromatic N) is 2. The van der Waals surface area contributed by atoms with Crippen molar-refractivity contribution < 1.29 is 27.2 Å². The van der Waals surface area contributed by atoms with Crippen LogP contribution in [0.25, 0.3) is 0 Å². The molecule has 2 N–H and O–H groups in total. The summed E-state index contributed by atoms with van der Waals surface area (Å²) in [5, 5.41) is 0.0270. The van der Waals surface area contributed by atoms with Gasteiger partial charge < -0.3 is 0 Å². The maximum absolute atomic E-state index is 13.9. The topological polar surface area (TPSA) is 84.0 Å². The molecule has 2 aromatic rings. The van der Waals surface area contributed by atoms with Gasteiger partial charge >= 0.3 is 6.18 Å². The third-order valence-electron chi connectivity index (χ3n) is 3.53. The van der Waals surface area contributed by atoms with Gasteiger partial charge in [-0.15, -0.1) is 0 Å². The number of rotatable bonds is 3. The van der Waals surface area contributed by atoms with E-state index in [1.807, 2.05) is 0 Å². The van der Waals surface area contributed by atoms with Crippen LogP contribution in [0.2, 0.25) is 5.15 Å². The summed E-state index contributed by atoms with van der Waals surface area (Å²) in [6.07, 6.45) is -4.70. The van der Waals surface area contributed by atoms with Gasteiger partial charge in [0.15, 0.2) is 0 Å². The fourth-order valence-electron chi connectivity index (χ4n) is 2.13. The zero-order chi connectivity index (χ0) is 20.4. The van der Waals surface area contributed by atoms with Crippen molar-refractivity contribution in [1.29, 1.82) is 0 Å². The van der Waals surface area contributed by atoms with Crippen molar-refractivity contribution in [2.24, 2.45) is 0 Å². The van der Waals surface area contributed by atoms with Crippen molar-refractivity contribution in [3.05, 3.63) is 57.9 Å². The first kappa shape index (κ1) is 20.6. The van der Waals surface area contributed by atoms with Gasteiger partial charge in [0.05, 0.1) is 11.5 Å². The van der Waals surface area contributed by atoms with Crippen LogP contribution in [0.3, 0.4) is 0 Å². The molecule has 1 unspecified atom stereocenters. The van der Waals surface area contributed by atoms with Crippen molar-refractivity contribution in [2.45, 2.75) is 25.9 Å². The number of carbonyl (C=O) groups is 2. The summed E-state index contributed by atoms with van der Waals surface area (Å²) in [5.74, 6) is -3.74. The van der Waals surface area contributed by atoms with E-state index in [1.54, 1.807) is 0 Å². The van der Waals surface area contributed by atoms with Crippen LogP contribution in [-0.4, -0.2) is 21.8 Å². The Morgan fingerprint density at radius 3 is 2.37 bits per heavy atom. The number of nitrogens with one attached hydrogen (secondary N) is 2. The molecule has 1 heterocycles. The summed E-state index contributed by atoms with van der Waals surface area (Å²) < 4.78 is 51.7. The van der Waals surface area contributed by atoms with Crippen molar-refractivity contribution in [3.8, 4) is 0 Å². The Balaban J connectivity index is 2.06. The van der Waals surface area contributed by atoms with Crippen molar-refractivity contribution in [1.82, 2.24) is 20.8 Å². The Morgan fingerprint density at radius 1 is 1.15 bits per heavy atom. The van der Waals surface area contributed by atoms with Gasteiger partial charge in [0.1, 0.15) is 22.5 Å². The average Bonchev–Trinajstić information content (AvgIpc) is 2.57. The van der Waals surface area contributed by atoms with E-state index in [4.69, 9.17) is 11.6 Å². The number of amides is 2. The number of hydrogen-bond acceptors (Lipinski definition) is 4. The molecule has 2 amide bonds. The van der Waals surface area contributed by atoms with Crippen molar-refractivity contribution in [2.75, 3.05) is 0 Å². The SMILES string of the molecule is Cc1nc(Cl)cc(C(=O)NNC(=O)C(C)c2ccc(C(F)(F)F)cc2F)n1. The van der Waals surface area contributed by atoms with Crippen molar-refractivity contribution in [3.63, 3.8) is 0 Å². The van der Waals surface area contributed by atoms with Crippen LogP contribution in [-0.2, 0) is 11.0 Å². The van der Waals surface area contributed by atoms with E-state index in [0.717, 1.165) is 6.07 Å². The van der Waals surface area contributed by atoms with Gasteiger partial charge in [0, 0.05) is 11.6 Å².